The van der Waals surface area contributed by atoms with Crippen LogP contribution in [0.25, 0.3) is 0 Å². The Morgan fingerprint density at radius 3 is 2.75 bits per heavy atom. The van der Waals surface area contributed by atoms with E-state index >= 15 is 0 Å². The summed E-state index contributed by atoms with van der Waals surface area (Å²) < 4.78 is 6.20. The number of ether oxygens (including phenoxy) is 1. The molecule has 2 heterocycles. The van der Waals surface area contributed by atoms with E-state index in [0.717, 1.165) is 41.3 Å². The fourth-order valence-corrected chi connectivity index (χ4v) is 3.67. The molecule has 2 aromatic rings. The first-order valence-electron chi connectivity index (χ1n) is 8.54. The molecule has 2 atom stereocenters. The van der Waals surface area contributed by atoms with Crippen molar-refractivity contribution in [1.82, 2.24) is 5.01 Å². The van der Waals surface area contributed by atoms with Gasteiger partial charge >= 0.3 is 0 Å². The van der Waals surface area contributed by atoms with E-state index in [-0.39, 0.29) is 12.3 Å². The summed E-state index contributed by atoms with van der Waals surface area (Å²) in [6, 6.07) is 14.7. The highest BCUT2D eigenvalue weighted by atomic mass is 35.5. The third-order valence-electron chi connectivity index (χ3n) is 4.75. The molecule has 0 aromatic heterocycles. The summed E-state index contributed by atoms with van der Waals surface area (Å²) in [6.07, 6.45) is 2.91. The molecule has 0 radical (unpaired) electrons. The molecule has 0 N–H and O–H groups in total. The second kappa shape index (κ2) is 6.14. The van der Waals surface area contributed by atoms with Gasteiger partial charge in [-0.05, 0) is 30.7 Å². The van der Waals surface area contributed by atoms with Gasteiger partial charge in [0.15, 0.2) is 6.23 Å². The minimum Gasteiger partial charge on any atom is -0.469 e. The van der Waals surface area contributed by atoms with Crippen LogP contribution in [0.2, 0.25) is 5.02 Å². The fourth-order valence-electron chi connectivity index (χ4n) is 3.49. The van der Waals surface area contributed by atoms with Crippen LogP contribution in [0.4, 0.5) is 0 Å². The molecule has 4 heteroatoms. The maximum atomic E-state index is 6.22. The lowest BCUT2D eigenvalue weighted by molar-refractivity contribution is -0.0223. The van der Waals surface area contributed by atoms with E-state index in [4.69, 9.17) is 21.4 Å². The SMILES string of the molecule is CCC[C@H]1Oc2ccc(Cl)cc2[C@@H]2CC(c3ccc(C)cc3)=NN12. The second-order valence-corrected chi connectivity index (χ2v) is 6.99. The zero-order chi connectivity index (χ0) is 16.7. The Labute approximate surface area is 147 Å². The minimum absolute atomic E-state index is 0.00313. The van der Waals surface area contributed by atoms with Crippen LogP contribution >= 0.6 is 11.6 Å². The first kappa shape index (κ1) is 15.5. The van der Waals surface area contributed by atoms with Crippen molar-refractivity contribution in [1.29, 1.82) is 0 Å². The average molecular weight is 341 g/mol. The van der Waals surface area contributed by atoms with Crippen LogP contribution in [0.3, 0.4) is 0 Å². The molecule has 0 aliphatic carbocycles. The number of rotatable bonds is 3. The highest BCUT2D eigenvalue weighted by Crippen LogP contribution is 2.44. The first-order chi connectivity index (χ1) is 11.7. The smallest absolute Gasteiger partial charge is 0.187 e. The third kappa shape index (κ3) is 2.67. The van der Waals surface area contributed by atoms with E-state index in [1.54, 1.807) is 0 Å². The van der Waals surface area contributed by atoms with Gasteiger partial charge in [-0.1, -0.05) is 54.8 Å². The number of hydrazone groups is 1. The molecule has 124 valence electrons. The average Bonchev–Trinajstić information content (AvgIpc) is 3.02. The van der Waals surface area contributed by atoms with Crippen LogP contribution in [-0.4, -0.2) is 16.9 Å². The van der Waals surface area contributed by atoms with Gasteiger partial charge in [0.1, 0.15) is 5.75 Å². The molecular formula is C20H21ClN2O. The zero-order valence-electron chi connectivity index (χ0n) is 14.0. The monoisotopic (exact) mass is 340 g/mol. The van der Waals surface area contributed by atoms with Crippen LogP contribution in [0.1, 0.15) is 48.9 Å². The summed E-state index contributed by atoms with van der Waals surface area (Å²) in [5, 5.41) is 7.80. The largest absolute Gasteiger partial charge is 0.469 e. The molecular weight excluding hydrogens is 320 g/mol. The molecule has 0 saturated carbocycles. The zero-order valence-corrected chi connectivity index (χ0v) is 14.8. The lowest BCUT2D eigenvalue weighted by Gasteiger charge is -2.38. The van der Waals surface area contributed by atoms with E-state index in [1.165, 1.54) is 11.1 Å². The standard InChI is InChI=1S/C20H21ClN2O/c1-3-4-20-23-18(16-11-15(21)9-10-19(16)24-20)12-17(22-23)14-7-5-13(2)6-8-14/h5-11,18,20H,3-4,12H2,1-2H3/t18-,20+/m0/s1. The quantitative estimate of drug-likeness (QED) is 0.755. The van der Waals surface area contributed by atoms with Gasteiger partial charge in [0, 0.05) is 23.4 Å². The van der Waals surface area contributed by atoms with E-state index in [9.17, 15) is 0 Å². The Hall–Kier alpha value is -2.00. The van der Waals surface area contributed by atoms with Crippen molar-refractivity contribution in [2.24, 2.45) is 5.10 Å². The van der Waals surface area contributed by atoms with Gasteiger partial charge in [-0.2, -0.15) is 5.10 Å². The van der Waals surface area contributed by atoms with Crippen LogP contribution in [-0.2, 0) is 0 Å². The summed E-state index contributed by atoms with van der Waals surface area (Å²) in [4.78, 5) is 0. The molecule has 2 aliphatic heterocycles. The normalized spacial score (nSPS) is 21.8. The number of benzene rings is 2. The first-order valence-corrected chi connectivity index (χ1v) is 8.92. The Morgan fingerprint density at radius 1 is 1.21 bits per heavy atom. The van der Waals surface area contributed by atoms with Gasteiger partial charge in [-0.3, -0.25) is 5.01 Å². The third-order valence-corrected chi connectivity index (χ3v) is 4.99. The van der Waals surface area contributed by atoms with Crippen molar-refractivity contribution in [2.45, 2.75) is 45.4 Å². The van der Waals surface area contributed by atoms with Crippen molar-refractivity contribution >= 4 is 17.3 Å². The summed E-state index contributed by atoms with van der Waals surface area (Å²) in [7, 11) is 0. The molecule has 0 spiro atoms. The second-order valence-electron chi connectivity index (χ2n) is 6.56. The molecule has 2 aromatic carbocycles. The Kier molecular flexibility index (Phi) is 3.97. The Balaban J connectivity index is 1.72. The highest BCUT2D eigenvalue weighted by molar-refractivity contribution is 6.30. The van der Waals surface area contributed by atoms with Crippen LogP contribution < -0.4 is 4.74 Å². The molecule has 24 heavy (non-hydrogen) atoms. The molecule has 2 aliphatic rings. The van der Waals surface area contributed by atoms with Crippen LogP contribution in [0.5, 0.6) is 5.75 Å². The molecule has 0 bridgehead atoms. The lowest BCUT2D eigenvalue weighted by atomic mass is 9.96. The van der Waals surface area contributed by atoms with Crippen LogP contribution in [0, 0.1) is 6.92 Å². The van der Waals surface area contributed by atoms with Crippen LogP contribution in [0.15, 0.2) is 47.6 Å². The topological polar surface area (TPSA) is 24.8 Å². The number of hydrogen-bond donors (Lipinski definition) is 0. The molecule has 0 saturated heterocycles. The van der Waals surface area contributed by atoms with Crippen molar-refractivity contribution in [3.05, 3.63) is 64.2 Å². The van der Waals surface area contributed by atoms with Crippen molar-refractivity contribution in [2.75, 3.05) is 0 Å². The number of fused-ring (bicyclic) bond motifs is 3. The molecule has 0 fully saturated rings. The van der Waals surface area contributed by atoms with Gasteiger partial charge < -0.3 is 4.74 Å². The number of nitrogens with zero attached hydrogens (tertiary/aromatic N) is 2. The summed E-state index contributed by atoms with van der Waals surface area (Å²) >= 11 is 6.22. The molecule has 0 unspecified atom stereocenters. The van der Waals surface area contributed by atoms with Gasteiger partial charge in [0.2, 0.25) is 0 Å². The maximum absolute atomic E-state index is 6.22. The Morgan fingerprint density at radius 2 is 2.00 bits per heavy atom. The molecule has 0 amide bonds. The minimum atomic E-state index is -0.00313. The summed E-state index contributed by atoms with van der Waals surface area (Å²) in [5.41, 5.74) is 4.71. The van der Waals surface area contributed by atoms with Gasteiger partial charge in [-0.15, -0.1) is 0 Å². The molecule has 3 nitrogen and oxygen atoms in total. The number of aryl methyl sites for hydroxylation is 1. The maximum Gasteiger partial charge on any atom is 0.187 e. The van der Waals surface area contributed by atoms with Gasteiger partial charge in [0.25, 0.3) is 0 Å². The van der Waals surface area contributed by atoms with E-state index in [0.29, 0.717) is 0 Å². The van der Waals surface area contributed by atoms with Crippen molar-refractivity contribution < 1.29 is 4.74 Å². The molecule has 4 rings (SSSR count). The lowest BCUT2D eigenvalue weighted by Crippen LogP contribution is -2.40. The van der Waals surface area contributed by atoms with Gasteiger partial charge in [0.05, 0.1) is 11.8 Å². The summed E-state index contributed by atoms with van der Waals surface area (Å²) in [6.45, 7) is 4.28. The van der Waals surface area contributed by atoms with Gasteiger partial charge in [-0.25, -0.2) is 0 Å². The predicted molar refractivity (Wildman–Crippen MR) is 97.7 cm³/mol. The van der Waals surface area contributed by atoms with E-state index in [2.05, 4.69) is 43.1 Å². The predicted octanol–water partition coefficient (Wildman–Crippen LogP) is 5.32. The van der Waals surface area contributed by atoms with E-state index < -0.39 is 0 Å². The fraction of sp³-hybridized carbons (Fsp3) is 0.350. The highest BCUT2D eigenvalue weighted by Gasteiger charge is 2.39. The van der Waals surface area contributed by atoms with Crippen molar-refractivity contribution in [3.63, 3.8) is 0 Å². The van der Waals surface area contributed by atoms with Crippen molar-refractivity contribution in [3.8, 4) is 5.75 Å². The number of halogens is 1. The summed E-state index contributed by atoms with van der Waals surface area (Å²) in [5.74, 6) is 0.944. The number of hydrogen-bond acceptors (Lipinski definition) is 3. The van der Waals surface area contributed by atoms with E-state index in [1.807, 2.05) is 18.2 Å². The Bertz CT molecular complexity index is 785.